The Morgan fingerprint density at radius 1 is 1.13 bits per heavy atom. The first kappa shape index (κ1) is 15.0. The lowest BCUT2D eigenvalue weighted by Crippen LogP contribution is -2.20. The number of hydrogen-bond acceptors (Lipinski definition) is 3. The van der Waals surface area contributed by atoms with Gasteiger partial charge in [0.1, 0.15) is 11.3 Å². The van der Waals surface area contributed by atoms with E-state index in [0.717, 1.165) is 23.0 Å². The predicted octanol–water partition coefficient (Wildman–Crippen LogP) is 3.81. The monoisotopic (exact) mass is 306 g/mol. The van der Waals surface area contributed by atoms with Crippen LogP contribution in [0.15, 0.2) is 60.8 Å². The maximum atomic E-state index is 12.1. The molecule has 0 atom stereocenters. The van der Waals surface area contributed by atoms with E-state index in [-0.39, 0.29) is 12.5 Å². The van der Waals surface area contributed by atoms with Crippen molar-refractivity contribution >= 4 is 22.5 Å². The van der Waals surface area contributed by atoms with Gasteiger partial charge in [0.25, 0.3) is 5.91 Å². The van der Waals surface area contributed by atoms with Crippen molar-refractivity contribution in [3.8, 4) is 5.75 Å². The van der Waals surface area contributed by atoms with Crippen LogP contribution >= 0.6 is 0 Å². The second-order valence-electron chi connectivity index (χ2n) is 5.22. The van der Waals surface area contributed by atoms with Gasteiger partial charge in [0.15, 0.2) is 6.61 Å². The Morgan fingerprint density at radius 2 is 1.96 bits per heavy atom. The van der Waals surface area contributed by atoms with Gasteiger partial charge >= 0.3 is 0 Å². The Balaban J connectivity index is 1.66. The first-order chi connectivity index (χ1) is 11.3. The zero-order chi connectivity index (χ0) is 16.1. The van der Waals surface area contributed by atoms with Crippen molar-refractivity contribution in [2.45, 2.75) is 13.3 Å². The molecule has 1 aromatic heterocycles. The van der Waals surface area contributed by atoms with Gasteiger partial charge in [-0.1, -0.05) is 37.3 Å². The van der Waals surface area contributed by atoms with Gasteiger partial charge in [0.05, 0.1) is 0 Å². The smallest absolute Gasteiger partial charge is 0.262 e. The molecule has 1 N–H and O–H groups in total. The van der Waals surface area contributed by atoms with E-state index in [1.54, 1.807) is 6.20 Å². The summed E-state index contributed by atoms with van der Waals surface area (Å²) in [5, 5.41) is 3.84. The number of ether oxygens (including phenoxy) is 1. The molecule has 0 saturated heterocycles. The Labute approximate surface area is 135 Å². The molecule has 0 aliphatic rings. The minimum absolute atomic E-state index is 0.0496. The summed E-state index contributed by atoms with van der Waals surface area (Å²) >= 11 is 0. The molecular formula is C19H18N2O2. The number of aromatic nitrogens is 1. The summed E-state index contributed by atoms with van der Waals surface area (Å²) in [4.78, 5) is 16.4. The molecule has 0 aliphatic carbocycles. The average molecular weight is 306 g/mol. The highest BCUT2D eigenvalue weighted by Crippen LogP contribution is 2.22. The molecule has 3 aromatic rings. The Bertz CT molecular complexity index is 825. The second-order valence-corrected chi connectivity index (χ2v) is 5.22. The van der Waals surface area contributed by atoms with E-state index in [2.05, 4.69) is 17.2 Å². The van der Waals surface area contributed by atoms with Crippen LogP contribution in [0, 0.1) is 0 Å². The van der Waals surface area contributed by atoms with Gasteiger partial charge in [-0.15, -0.1) is 0 Å². The number of para-hydroxylation sites is 1. The summed E-state index contributed by atoms with van der Waals surface area (Å²) < 4.78 is 5.64. The number of nitrogens with zero attached hydrogens (tertiary/aromatic N) is 1. The number of carbonyl (C=O) groups is 1. The number of hydrogen-bond donors (Lipinski definition) is 1. The number of benzene rings is 2. The summed E-state index contributed by atoms with van der Waals surface area (Å²) in [6.45, 7) is 2.03. The highest BCUT2D eigenvalue weighted by atomic mass is 16.5. The predicted molar refractivity (Wildman–Crippen MR) is 91.7 cm³/mol. The van der Waals surface area contributed by atoms with E-state index in [1.165, 1.54) is 5.56 Å². The molecular weight excluding hydrogens is 288 g/mol. The molecule has 1 heterocycles. The van der Waals surface area contributed by atoms with E-state index < -0.39 is 0 Å². The minimum Gasteiger partial charge on any atom is -0.481 e. The molecule has 0 bridgehead atoms. The van der Waals surface area contributed by atoms with Crippen molar-refractivity contribution in [1.29, 1.82) is 0 Å². The minimum atomic E-state index is -0.189. The first-order valence-electron chi connectivity index (χ1n) is 7.61. The maximum absolute atomic E-state index is 12.1. The van der Waals surface area contributed by atoms with Crippen LogP contribution < -0.4 is 10.1 Å². The molecule has 4 nitrogen and oxygen atoms in total. The number of pyridine rings is 1. The van der Waals surface area contributed by atoms with Crippen LogP contribution in [0.25, 0.3) is 10.9 Å². The molecule has 0 spiro atoms. The van der Waals surface area contributed by atoms with E-state index in [1.807, 2.05) is 54.6 Å². The lowest BCUT2D eigenvalue weighted by molar-refractivity contribution is -0.118. The highest BCUT2D eigenvalue weighted by molar-refractivity contribution is 5.92. The molecule has 2 aromatic carbocycles. The molecule has 116 valence electrons. The van der Waals surface area contributed by atoms with Crippen LogP contribution in [0.4, 0.5) is 5.69 Å². The summed E-state index contributed by atoms with van der Waals surface area (Å²) in [6.07, 6.45) is 2.65. The van der Waals surface area contributed by atoms with Gasteiger partial charge in [-0.3, -0.25) is 9.78 Å². The number of nitrogens with one attached hydrogen (secondary N) is 1. The standard InChI is InChI=1S/C19H18N2O2/c1-2-14-6-3-9-16(12-14)21-18(22)13-23-17-10-4-7-15-8-5-11-20-19(15)17/h3-12H,2,13H2,1H3,(H,21,22). The molecule has 0 aliphatic heterocycles. The van der Waals surface area contributed by atoms with Crippen molar-refractivity contribution in [1.82, 2.24) is 4.98 Å². The molecule has 1 amide bonds. The van der Waals surface area contributed by atoms with Crippen molar-refractivity contribution in [2.24, 2.45) is 0 Å². The molecule has 4 heteroatoms. The summed E-state index contributed by atoms with van der Waals surface area (Å²) in [6, 6.07) is 17.3. The Hall–Kier alpha value is -2.88. The fraction of sp³-hybridized carbons (Fsp3) is 0.158. The fourth-order valence-electron chi connectivity index (χ4n) is 2.40. The highest BCUT2D eigenvalue weighted by Gasteiger charge is 2.07. The zero-order valence-electron chi connectivity index (χ0n) is 13.0. The molecule has 23 heavy (non-hydrogen) atoms. The zero-order valence-corrected chi connectivity index (χ0v) is 13.0. The molecule has 0 unspecified atom stereocenters. The van der Waals surface area contributed by atoms with Crippen molar-refractivity contribution in [2.75, 3.05) is 11.9 Å². The van der Waals surface area contributed by atoms with E-state index >= 15 is 0 Å². The number of anilines is 1. The van der Waals surface area contributed by atoms with Crippen LogP contribution in [0.5, 0.6) is 5.75 Å². The lowest BCUT2D eigenvalue weighted by atomic mass is 10.1. The Morgan fingerprint density at radius 3 is 2.83 bits per heavy atom. The van der Waals surface area contributed by atoms with Crippen molar-refractivity contribution in [3.05, 3.63) is 66.4 Å². The molecule has 3 rings (SSSR count). The van der Waals surface area contributed by atoms with Gasteiger partial charge in [-0.2, -0.15) is 0 Å². The van der Waals surface area contributed by atoms with E-state index in [0.29, 0.717) is 5.75 Å². The average Bonchev–Trinajstić information content (AvgIpc) is 2.60. The first-order valence-corrected chi connectivity index (χ1v) is 7.61. The number of amides is 1. The third-order valence-corrected chi connectivity index (χ3v) is 3.57. The van der Waals surface area contributed by atoms with E-state index in [9.17, 15) is 4.79 Å². The van der Waals surface area contributed by atoms with Crippen LogP contribution in [0.3, 0.4) is 0 Å². The number of fused-ring (bicyclic) bond motifs is 1. The van der Waals surface area contributed by atoms with Crippen LogP contribution in [-0.2, 0) is 11.2 Å². The Kier molecular flexibility index (Phi) is 4.52. The normalized spacial score (nSPS) is 10.5. The third kappa shape index (κ3) is 3.66. The largest absolute Gasteiger partial charge is 0.481 e. The molecule has 0 saturated carbocycles. The number of carbonyl (C=O) groups excluding carboxylic acids is 1. The van der Waals surface area contributed by atoms with E-state index in [4.69, 9.17) is 4.74 Å². The molecule has 0 radical (unpaired) electrons. The van der Waals surface area contributed by atoms with Gasteiger partial charge < -0.3 is 10.1 Å². The summed E-state index contributed by atoms with van der Waals surface area (Å²) in [7, 11) is 0. The van der Waals surface area contributed by atoms with Crippen LogP contribution in [0.2, 0.25) is 0 Å². The summed E-state index contributed by atoms with van der Waals surface area (Å²) in [5.41, 5.74) is 2.73. The van der Waals surface area contributed by atoms with Gasteiger partial charge in [-0.05, 0) is 36.2 Å². The number of aryl methyl sites for hydroxylation is 1. The SMILES string of the molecule is CCc1cccc(NC(=O)COc2cccc3cccnc23)c1. The van der Waals surface area contributed by atoms with Crippen molar-refractivity contribution in [3.63, 3.8) is 0 Å². The van der Waals surface area contributed by atoms with Crippen LogP contribution in [0.1, 0.15) is 12.5 Å². The van der Waals surface area contributed by atoms with Gasteiger partial charge in [0, 0.05) is 17.3 Å². The van der Waals surface area contributed by atoms with Gasteiger partial charge in [-0.25, -0.2) is 0 Å². The lowest BCUT2D eigenvalue weighted by Gasteiger charge is -2.10. The van der Waals surface area contributed by atoms with Gasteiger partial charge in [0.2, 0.25) is 0 Å². The van der Waals surface area contributed by atoms with Crippen molar-refractivity contribution < 1.29 is 9.53 Å². The summed E-state index contributed by atoms with van der Waals surface area (Å²) in [5.74, 6) is 0.423. The quantitative estimate of drug-likeness (QED) is 0.779. The third-order valence-electron chi connectivity index (χ3n) is 3.57. The van der Waals surface area contributed by atoms with Crippen LogP contribution in [-0.4, -0.2) is 17.5 Å². The number of rotatable bonds is 5. The fourth-order valence-corrected chi connectivity index (χ4v) is 2.40. The topological polar surface area (TPSA) is 51.2 Å². The molecule has 0 fully saturated rings. The second kappa shape index (κ2) is 6.92. The maximum Gasteiger partial charge on any atom is 0.262 e.